The summed E-state index contributed by atoms with van der Waals surface area (Å²) in [5, 5.41) is 2.76. The summed E-state index contributed by atoms with van der Waals surface area (Å²) in [7, 11) is -3.62. The highest BCUT2D eigenvalue weighted by Crippen LogP contribution is 2.24. The zero-order valence-corrected chi connectivity index (χ0v) is 17.0. The predicted octanol–water partition coefficient (Wildman–Crippen LogP) is 3.73. The number of furan rings is 1. The van der Waals surface area contributed by atoms with E-state index in [2.05, 4.69) is 0 Å². The van der Waals surface area contributed by atoms with Crippen LogP contribution in [0.25, 0.3) is 21.7 Å². The average Bonchev–Trinajstić information content (AvgIpc) is 3.22. The quantitative estimate of drug-likeness (QED) is 0.506. The lowest BCUT2D eigenvalue weighted by molar-refractivity contribution is 0.0668. The fourth-order valence-electron chi connectivity index (χ4n) is 3.85. The van der Waals surface area contributed by atoms with Gasteiger partial charge in [-0.1, -0.05) is 48.5 Å². The summed E-state index contributed by atoms with van der Waals surface area (Å²) < 4.78 is 33.3. The molecule has 1 fully saturated rings. The molecule has 1 aliphatic heterocycles. The van der Waals surface area contributed by atoms with E-state index in [1.165, 1.54) is 4.31 Å². The maximum atomic E-state index is 13.1. The van der Waals surface area contributed by atoms with E-state index in [9.17, 15) is 13.2 Å². The molecule has 0 bridgehead atoms. The van der Waals surface area contributed by atoms with Crippen LogP contribution < -0.4 is 0 Å². The molecule has 2 heterocycles. The van der Waals surface area contributed by atoms with Crippen LogP contribution in [0.4, 0.5) is 0 Å². The number of hydrogen-bond acceptors (Lipinski definition) is 4. The molecule has 152 valence electrons. The van der Waals surface area contributed by atoms with Crippen LogP contribution in [0.3, 0.4) is 0 Å². The minimum Gasteiger partial charge on any atom is -0.451 e. The normalized spacial score (nSPS) is 15.7. The van der Waals surface area contributed by atoms with Crippen LogP contribution in [0.5, 0.6) is 0 Å². The molecule has 0 saturated carbocycles. The van der Waals surface area contributed by atoms with Crippen LogP contribution in [-0.4, -0.2) is 49.7 Å². The summed E-state index contributed by atoms with van der Waals surface area (Å²) in [6.07, 6.45) is 0. The van der Waals surface area contributed by atoms with Gasteiger partial charge in [-0.15, -0.1) is 0 Å². The first-order valence-electron chi connectivity index (χ1n) is 9.79. The van der Waals surface area contributed by atoms with Gasteiger partial charge >= 0.3 is 0 Å². The first kappa shape index (κ1) is 18.8. The van der Waals surface area contributed by atoms with E-state index in [0.717, 1.165) is 16.2 Å². The monoisotopic (exact) mass is 420 g/mol. The van der Waals surface area contributed by atoms with Gasteiger partial charge in [0, 0.05) is 31.6 Å². The van der Waals surface area contributed by atoms with Crippen molar-refractivity contribution in [3.8, 4) is 0 Å². The fourth-order valence-corrected chi connectivity index (χ4v) is 5.31. The molecule has 0 spiro atoms. The van der Waals surface area contributed by atoms with Gasteiger partial charge in [0.1, 0.15) is 5.58 Å². The number of hydrogen-bond donors (Lipinski definition) is 0. The maximum absolute atomic E-state index is 13.1. The van der Waals surface area contributed by atoms with Crippen LogP contribution in [0, 0.1) is 0 Å². The Balaban J connectivity index is 1.32. The van der Waals surface area contributed by atoms with Crippen molar-refractivity contribution < 1.29 is 17.6 Å². The predicted molar refractivity (Wildman–Crippen MR) is 115 cm³/mol. The molecule has 30 heavy (non-hydrogen) atoms. The van der Waals surface area contributed by atoms with Gasteiger partial charge in [-0.2, -0.15) is 4.31 Å². The second-order valence-corrected chi connectivity index (χ2v) is 9.29. The molecule has 0 atom stereocenters. The van der Waals surface area contributed by atoms with Crippen molar-refractivity contribution in [1.29, 1.82) is 0 Å². The Morgan fingerprint density at radius 3 is 2.17 bits per heavy atom. The van der Waals surface area contributed by atoms with Crippen molar-refractivity contribution in [3.63, 3.8) is 0 Å². The number of nitrogens with zero attached hydrogens (tertiary/aromatic N) is 2. The molecule has 6 nitrogen and oxygen atoms in total. The van der Waals surface area contributed by atoms with Gasteiger partial charge in [-0.05, 0) is 35.0 Å². The van der Waals surface area contributed by atoms with Crippen LogP contribution in [0.2, 0.25) is 0 Å². The Morgan fingerprint density at radius 2 is 1.43 bits per heavy atom. The minimum absolute atomic E-state index is 0.214. The molecule has 5 rings (SSSR count). The Hall–Kier alpha value is -3.16. The SMILES string of the molecule is O=C(c1cc2ccccc2o1)N1CCN(S(=O)(=O)c2ccc3ccccc3c2)CC1. The molecule has 0 aliphatic carbocycles. The van der Waals surface area contributed by atoms with Gasteiger partial charge < -0.3 is 9.32 Å². The summed E-state index contributed by atoms with van der Waals surface area (Å²) in [6.45, 7) is 1.15. The topological polar surface area (TPSA) is 70.8 Å². The van der Waals surface area contributed by atoms with Crippen molar-refractivity contribution in [3.05, 3.63) is 78.6 Å². The molecule has 0 unspecified atom stereocenters. The number of fused-ring (bicyclic) bond motifs is 2. The second kappa shape index (κ2) is 7.27. The van der Waals surface area contributed by atoms with E-state index in [1.807, 2.05) is 54.6 Å². The number of sulfonamides is 1. The van der Waals surface area contributed by atoms with Crippen molar-refractivity contribution >= 4 is 37.7 Å². The number of amides is 1. The number of para-hydroxylation sites is 1. The number of rotatable bonds is 3. The van der Waals surface area contributed by atoms with Crippen molar-refractivity contribution in [1.82, 2.24) is 9.21 Å². The maximum Gasteiger partial charge on any atom is 0.289 e. The van der Waals surface area contributed by atoms with Gasteiger partial charge in [0.2, 0.25) is 10.0 Å². The van der Waals surface area contributed by atoms with E-state index in [0.29, 0.717) is 18.7 Å². The first-order valence-corrected chi connectivity index (χ1v) is 11.2. The molecule has 1 aliphatic rings. The third kappa shape index (κ3) is 3.26. The van der Waals surface area contributed by atoms with Crippen LogP contribution in [-0.2, 0) is 10.0 Å². The average molecular weight is 420 g/mol. The second-order valence-electron chi connectivity index (χ2n) is 7.35. The summed E-state index contributed by atoms with van der Waals surface area (Å²) in [6, 6.07) is 22.0. The fraction of sp³-hybridized carbons (Fsp3) is 0.174. The number of carbonyl (C=O) groups excluding carboxylic acids is 1. The van der Waals surface area contributed by atoms with Crippen molar-refractivity contribution in [2.75, 3.05) is 26.2 Å². The molecule has 1 amide bonds. The van der Waals surface area contributed by atoms with Gasteiger partial charge in [0.25, 0.3) is 5.91 Å². The van der Waals surface area contributed by atoms with Gasteiger partial charge in [-0.3, -0.25) is 4.79 Å². The van der Waals surface area contributed by atoms with Crippen LogP contribution >= 0.6 is 0 Å². The zero-order valence-electron chi connectivity index (χ0n) is 16.2. The lowest BCUT2D eigenvalue weighted by atomic mass is 10.1. The number of carbonyl (C=O) groups is 1. The minimum atomic E-state index is -3.62. The van der Waals surface area contributed by atoms with Crippen molar-refractivity contribution in [2.45, 2.75) is 4.90 Å². The third-order valence-electron chi connectivity index (χ3n) is 5.52. The summed E-state index contributed by atoms with van der Waals surface area (Å²) in [5.41, 5.74) is 0.665. The molecule has 1 saturated heterocycles. The van der Waals surface area contributed by atoms with E-state index in [1.54, 1.807) is 23.1 Å². The number of piperazine rings is 1. The van der Waals surface area contributed by atoms with E-state index in [-0.39, 0.29) is 29.7 Å². The van der Waals surface area contributed by atoms with Crippen molar-refractivity contribution in [2.24, 2.45) is 0 Å². The van der Waals surface area contributed by atoms with E-state index < -0.39 is 10.0 Å². The largest absolute Gasteiger partial charge is 0.451 e. The smallest absolute Gasteiger partial charge is 0.289 e. The Labute approximate surface area is 174 Å². The summed E-state index contributed by atoms with van der Waals surface area (Å²) >= 11 is 0. The molecule has 0 N–H and O–H groups in total. The highest BCUT2D eigenvalue weighted by atomic mass is 32.2. The molecule has 3 aromatic carbocycles. The lowest BCUT2D eigenvalue weighted by Crippen LogP contribution is -2.50. The first-order chi connectivity index (χ1) is 14.5. The zero-order chi connectivity index (χ0) is 20.7. The number of benzene rings is 3. The molecular weight excluding hydrogens is 400 g/mol. The van der Waals surface area contributed by atoms with Crippen LogP contribution in [0.1, 0.15) is 10.6 Å². The highest BCUT2D eigenvalue weighted by Gasteiger charge is 2.31. The summed E-state index contributed by atoms with van der Waals surface area (Å²) in [5.74, 6) is 0.0657. The van der Waals surface area contributed by atoms with Crippen LogP contribution in [0.15, 0.2) is 82.1 Å². The lowest BCUT2D eigenvalue weighted by Gasteiger charge is -2.33. The molecule has 4 aromatic rings. The van der Waals surface area contributed by atoms with Gasteiger partial charge in [0.05, 0.1) is 4.90 Å². The summed E-state index contributed by atoms with van der Waals surface area (Å²) in [4.78, 5) is 14.7. The Morgan fingerprint density at radius 1 is 0.767 bits per heavy atom. The third-order valence-corrected chi connectivity index (χ3v) is 7.42. The van der Waals surface area contributed by atoms with E-state index in [4.69, 9.17) is 4.42 Å². The highest BCUT2D eigenvalue weighted by molar-refractivity contribution is 7.89. The Kier molecular flexibility index (Phi) is 4.56. The van der Waals surface area contributed by atoms with Gasteiger partial charge in [0.15, 0.2) is 5.76 Å². The Bertz CT molecular complexity index is 1320. The molecular formula is C23H20N2O4S. The molecule has 7 heteroatoms. The van der Waals surface area contributed by atoms with E-state index >= 15 is 0 Å². The molecule has 0 radical (unpaired) electrons. The molecule has 1 aromatic heterocycles. The van der Waals surface area contributed by atoms with Gasteiger partial charge in [-0.25, -0.2) is 8.42 Å². The standard InChI is InChI=1S/C23H20N2O4S/c26-23(22-16-19-7-3-4-8-21(19)29-22)24-11-13-25(14-12-24)30(27,28)20-10-9-17-5-1-2-6-18(17)15-20/h1-10,15-16H,11-14H2.